The molecular formula is C12H26N2O2S2. The van der Waals surface area contributed by atoms with Crippen LogP contribution in [-0.2, 0) is 10.0 Å². The van der Waals surface area contributed by atoms with E-state index >= 15 is 0 Å². The van der Waals surface area contributed by atoms with Crippen LogP contribution in [0, 0.1) is 5.92 Å². The first-order chi connectivity index (χ1) is 8.53. The standard InChI is InChI=1S/C12H26N2O2S2/c1-11(10-17-2)9-14-18(15,16)8-6-12-5-3-4-7-13-12/h11-14H,3-10H2,1-2H3. The largest absolute Gasteiger partial charge is 0.314 e. The third-order valence-corrected chi connectivity index (χ3v) is 5.53. The van der Waals surface area contributed by atoms with Crippen molar-refractivity contribution in [1.29, 1.82) is 0 Å². The minimum absolute atomic E-state index is 0.247. The van der Waals surface area contributed by atoms with Crippen LogP contribution in [0.5, 0.6) is 0 Å². The van der Waals surface area contributed by atoms with Gasteiger partial charge in [-0.3, -0.25) is 0 Å². The molecule has 1 aliphatic rings. The van der Waals surface area contributed by atoms with E-state index in [2.05, 4.69) is 17.0 Å². The van der Waals surface area contributed by atoms with E-state index in [9.17, 15) is 8.42 Å². The summed E-state index contributed by atoms with van der Waals surface area (Å²) in [7, 11) is -3.09. The quantitative estimate of drug-likeness (QED) is 0.711. The summed E-state index contributed by atoms with van der Waals surface area (Å²) in [6, 6.07) is 0.388. The minimum atomic E-state index is -3.09. The average Bonchev–Trinajstić information content (AvgIpc) is 2.36. The zero-order valence-corrected chi connectivity index (χ0v) is 13.1. The van der Waals surface area contributed by atoms with Gasteiger partial charge in [0.15, 0.2) is 0 Å². The van der Waals surface area contributed by atoms with Gasteiger partial charge in [0, 0.05) is 12.6 Å². The molecule has 4 nitrogen and oxygen atoms in total. The third kappa shape index (κ3) is 6.97. The first-order valence-electron chi connectivity index (χ1n) is 6.73. The Balaban J connectivity index is 2.22. The molecule has 18 heavy (non-hydrogen) atoms. The van der Waals surface area contributed by atoms with Crippen molar-refractivity contribution in [1.82, 2.24) is 10.0 Å². The molecule has 108 valence electrons. The van der Waals surface area contributed by atoms with Crippen LogP contribution in [0.25, 0.3) is 0 Å². The van der Waals surface area contributed by atoms with Gasteiger partial charge in [-0.2, -0.15) is 11.8 Å². The summed E-state index contributed by atoms with van der Waals surface area (Å²) in [4.78, 5) is 0. The van der Waals surface area contributed by atoms with E-state index in [0.717, 1.165) is 25.1 Å². The first-order valence-corrected chi connectivity index (χ1v) is 9.78. The molecule has 0 amide bonds. The van der Waals surface area contributed by atoms with Crippen LogP contribution < -0.4 is 10.0 Å². The second-order valence-corrected chi connectivity index (χ2v) is 8.00. The maximum Gasteiger partial charge on any atom is 0.211 e. The van der Waals surface area contributed by atoms with Gasteiger partial charge in [-0.05, 0) is 43.7 Å². The number of rotatable bonds is 8. The molecule has 0 aliphatic carbocycles. The summed E-state index contributed by atoms with van der Waals surface area (Å²) >= 11 is 1.75. The van der Waals surface area contributed by atoms with Gasteiger partial charge in [-0.1, -0.05) is 13.3 Å². The molecule has 0 saturated carbocycles. The van der Waals surface area contributed by atoms with Crippen molar-refractivity contribution < 1.29 is 8.42 Å². The molecule has 6 heteroatoms. The number of nitrogens with one attached hydrogen (secondary N) is 2. The van der Waals surface area contributed by atoms with Gasteiger partial charge < -0.3 is 5.32 Å². The van der Waals surface area contributed by atoms with Gasteiger partial charge in [0.25, 0.3) is 0 Å². The predicted octanol–water partition coefficient (Wildman–Crippen LogP) is 1.44. The van der Waals surface area contributed by atoms with Crippen LogP contribution in [0.4, 0.5) is 0 Å². The van der Waals surface area contributed by atoms with Gasteiger partial charge in [0.1, 0.15) is 0 Å². The lowest BCUT2D eigenvalue weighted by molar-refractivity contribution is 0.392. The Labute approximate surface area is 116 Å². The molecule has 0 bridgehead atoms. The molecule has 0 radical (unpaired) electrons. The van der Waals surface area contributed by atoms with E-state index in [1.54, 1.807) is 11.8 Å². The van der Waals surface area contributed by atoms with Crippen molar-refractivity contribution in [3.05, 3.63) is 0 Å². The van der Waals surface area contributed by atoms with E-state index < -0.39 is 10.0 Å². The summed E-state index contributed by atoms with van der Waals surface area (Å²) in [5.74, 6) is 1.63. The molecular weight excluding hydrogens is 268 g/mol. The number of thioether (sulfide) groups is 1. The Kier molecular flexibility index (Phi) is 7.60. The molecule has 0 aromatic rings. The first kappa shape index (κ1) is 16.3. The monoisotopic (exact) mass is 294 g/mol. The second-order valence-electron chi connectivity index (χ2n) is 5.16. The highest BCUT2D eigenvalue weighted by Crippen LogP contribution is 2.11. The molecule has 1 aliphatic heterocycles. The summed E-state index contributed by atoms with van der Waals surface area (Å²) in [5, 5.41) is 3.38. The molecule has 2 unspecified atom stereocenters. The summed E-state index contributed by atoms with van der Waals surface area (Å²) < 4.78 is 26.4. The average molecular weight is 294 g/mol. The van der Waals surface area contributed by atoms with E-state index in [1.165, 1.54) is 12.8 Å². The summed E-state index contributed by atoms with van der Waals surface area (Å²) in [5.41, 5.74) is 0. The van der Waals surface area contributed by atoms with E-state index in [0.29, 0.717) is 18.5 Å². The van der Waals surface area contributed by atoms with Crippen LogP contribution >= 0.6 is 11.8 Å². The van der Waals surface area contributed by atoms with Gasteiger partial charge in [0.2, 0.25) is 10.0 Å². The SMILES string of the molecule is CSCC(C)CNS(=O)(=O)CCC1CCCCN1. The van der Waals surface area contributed by atoms with Crippen LogP contribution in [0.1, 0.15) is 32.6 Å². The normalized spacial score (nSPS) is 22.9. The summed E-state index contributed by atoms with van der Waals surface area (Å²) in [6.07, 6.45) is 6.31. The van der Waals surface area contributed by atoms with Gasteiger partial charge in [0.05, 0.1) is 5.75 Å². The van der Waals surface area contributed by atoms with Crippen LogP contribution in [0.15, 0.2) is 0 Å². The van der Waals surface area contributed by atoms with Crippen molar-refractivity contribution in [2.45, 2.75) is 38.6 Å². The Hall–Kier alpha value is 0.220. The topological polar surface area (TPSA) is 58.2 Å². The van der Waals surface area contributed by atoms with Gasteiger partial charge >= 0.3 is 0 Å². The number of hydrogen-bond donors (Lipinski definition) is 2. The fourth-order valence-electron chi connectivity index (χ4n) is 2.15. The fraction of sp³-hybridized carbons (Fsp3) is 1.00. The van der Waals surface area contributed by atoms with Crippen LogP contribution in [-0.4, -0.2) is 45.3 Å². The van der Waals surface area contributed by atoms with E-state index in [4.69, 9.17) is 0 Å². The molecule has 0 aromatic heterocycles. The zero-order valence-electron chi connectivity index (χ0n) is 11.4. The lowest BCUT2D eigenvalue weighted by Gasteiger charge is -2.23. The number of hydrogen-bond acceptors (Lipinski definition) is 4. The van der Waals surface area contributed by atoms with Crippen molar-refractivity contribution in [2.75, 3.05) is 30.9 Å². The van der Waals surface area contributed by atoms with E-state index in [1.807, 2.05) is 6.26 Å². The Bertz CT molecular complexity index is 314. The molecule has 1 saturated heterocycles. The second kappa shape index (κ2) is 8.40. The van der Waals surface area contributed by atoms with Gasteiger partial charge in [-0.15, -0.1) is 0 Å². The van der Waals surface area contributed by atoms with Crippen molar-refractivity contribution in [2.24, 2.45) is 5.92 Å². The number of sulfonamides is 1. The molecule has 1 heterocycles. The lowest BCUT2D eigenvalue weighted by atomic mass is 10.0. The van der Waals surface area contributed by atoms with Crippen molar-refractivity contribution in [3.8, 4) is 0 Å². The Morgan fingerprint density at radius 3 is 2.83 bits per heavy atom. The van der Waals surface area contributed by atoms with Crippen LogP contribution in [0.2, 0.25) is 0 Å². The molecule has 1 fully saturated rings. The highest BCUT2D eigenvalue weighted by atomic mass is 32.2. The van der Waals surface area contributed by atoms with Crippen LogP contribution in [0.3, 0.4) is 0 Å². The molecule has 2 atom stereocenters. The zero-order chi connectivity index (χ0) is 13.4. The molecule has 0 spiro atoms. The Morgan fingerprint density at radius 1 is 1.44 bits per heavy atom. The maximum absolute atomic E-state index is 11.8. The van der Waals surface area contributed by atoms with E-state index in [-0.39, 0.29) is 5.75 Å². The predicted molar refractivity (Wildman–Crippen MR) is 79.6 cm³/mol. The van der Waals surface area contributed by atoms with Gasteiger partial charge in [-0.25, -0.2) is 13.1 Å². The Morgan fingerprint density at radius 2 is 2.22 bits per heavy atom. The number of piperidine rings is 1. The smallest absolute Gasteiger partial charge is 0.211 e. The van der Waals surface area contributed by atoms with Crippen molar-refractivity contribution >= 4 is 21.8 Å². The lowest BCUT2D eigenvalue weighted by Crippen LogP contribution is -2.38. The highest BCUT2D eigenvalue weighted by molar-refractivity contribution is 7.98. The third-order valence-electron chi connectivity index (χ3n) is 3.25. The molecule has 2 N–H and O–H groups in total. The highest BCUT2D eigenvalue weighted by Gasteiger charge is 2.17. The maximum atomic E-state index is 11.8. The molecule has 0 aromatic carbocycles. The minimum Gasteiger partial charge on any atom is -0.314 e. The molecule has 1 rings (SSSR count). The summed E-state index contributed by atoms with van der Waals surface area (Å²) in [6.45, 7) is 3.66. The fourth-order valence-corrected chi connectivity index (χ4v) is 4.12. The van der Waals surface area contributed by atoms with Crippen molar-refractivity contribution in [3.63, 3.8) is 0 Å².